The molecule has 1 saturated heterocycles. The topological polar surface area (TPSA) is 58.6 Å². The highest BCUT2D eigenvalue weighted by atomic mass is 16.5. The fourth-order valence-electron chi connectivity index (χ4n) is 3.00. The van der Waals surface area contributed by atoms with Gasteiger partial charge in [0.05, 0.1) is 12.5 Å². The van der Waals surface area contributed by atoms with Crippen LogP contribution in [0, 0.1) is 5.92 Å². The fraction of sp³-hybridized carbons (Fsp3) is 0.333. The number of benzene rings is 2. The first-order valence-electron chi connectivity index (χ1n) is 9.01. The summed E-state index contributed by atoms with van der Waals surface area (Å²) in [5.41, 5.74) is 1.79. The Hall–Kier alpha value is -2.82. The number of ether oxygens (including phenoxy) is 1. The molecule has 1 unspecified atom stereocenters. The smallest absolute Gasteiger partial charge is 0.229 e. The van der Waals surface area contributed by atoms with Crippen molar-refractivity contribution in [1.82, 2.24) is 4.90 Å². The molecule has 1 fully saturated rings. The third-order valence-corrected chi connectivity index (χ3v) is 4.40. The summed E-state index contributed by atoms with van der Waals surface area (Å²) < 4.78 is 5.54. The molecule has 2 aromatic carbocycles. The molecule has 1 aliphatic rings. The Kier molecular flexibility index (Phi) is 5.89. The van der Waals surface area contributed by atoms with Gasteiger partial charge in [-0.2, -0.15) is 0 Å². The van der Waals surface area contributed by atoms with Gasteiger partial charge >= 0.3 is 0 Å². The second-order valence-corrected chi connectivity index (χ2v) is 6.52. The number of hydrogen-bond acceptors (Lipinski definition) is 3. The van der Waals surface area contributed by atoms with Crippen LogP contribution >= 0.6 is 0 Å². The quantitative estimate of drug-likeness (QED) is 0.830. The average Bonchev–Trinajstić information content (AvgIpc) is 3.03. The van der Waals surface area contributed by atoms with Crippen LogP contribution in [0.1, 0.15) is 25.3 Å². The van der Waals surface area contributed by atoms with Crippen LogP contribution < -0.4 is 10.1 Å². The van der Waals surface area contributed by atoms with E-state index in [0.29, 0.717) is 25.4 Å². The number of nitrogens with one attached hydrogen (secondary N) is 1. The molecule has 136 valence electrons. The summed E-state index contributed by atoms with van der Waals surface area (Å²) in [6.07, 6.45) is 1.21. The molecule has 0 aromatic heterocycles. The van der Waals surface area contributed by atoms with Crippen LogP contribution in [0.4, 0.5) is 5.69 Å². The molecule has 3 rings (SSSR count). The van der Waals surface area contributed by atoms with Gasteiger partial charge in [0, 0.05) is 25.2 Å². The number of carbonyl (C=O) groups is 2. The molecule has 0 radical (unpaired) electrons. The Morgan fingerprint density at radius 2 is 1.88 bits per heavy atom. The summed E-state index contributed by atoms with van der Waals surface area (Å²) in [7, 11) is 0. The summed E-state index contributed by atoms with van der Waals surface area (Å²) in [5.74, 6) is 0.380. The van der Waals surface area contributed by atoms with E-state index in [4.69, 9.17) is 4.74 Å². The second-order valence-electron chi connectivity index (χ2n) is 6.52. The molecular formula is C21H24N2O3. The van der Waals surface area contributed by atoms with Gasteiger partial charge in [-0.15, -0.1) is 0 Å². The minimum absolute atomic E-state index is 0.0253. The Balaban J connectivity index is 1.54. The number of anilines is 1. The maximum absolute atomic E-state index is 12.5. The standard InChI is InChI=1S/C21H24N2O3/c1-2-12-26-19-10-8-18(9-11-19)22-21(25)17-13-20(24)23(15-17)14-16-6-4-3-5-7-16/h3-11,17H,2,12-15H2,1H3,(H,22,25). The van der Waals surface area contributed by atoms with E-state index >= 15 is 0 Å². The van der Waals surface area contributed by atoms with E-state index in [0.717, 1.165) is 17.7 Å². The number of amides is 2. The summed E-state index contributed by atoms with van der Waals surface area (Å²) in [4.78, 5) is 26.5. The Morgan fingerprint density at radius 1 is 1.15 bits per heavy atom. The Bertz CT molecular complexity index is 744. The lowest BCUT2D eigenvalue weighted by Gasteiger charge is -2.16. The van der Waals surface area contributed by atoms with Gasteiger partial charge < -0.3 is 15.0 Å². The van der Waals surface area contributed by atoms with E-state index in [1.54, 1.807) is 4.90 Å². The minimum atomic E-state index is -0.317. The van der Waals surface area contributed by atoms with Crippen molar-refractivity contribution in [1.29, 1.82) is 0 Å². The van der Waals surface area contributed by atoms with Crippen LogP contribution in [0.2, 0.25) is 0 Å². The van der Waals surface area contributed by atoms with Crippen LogP contribution in [0.5, 0.6) is 5.75 Å². The normalized spacial score (nSPS) is 16.6. The van der Waals surface area contributed by atoms with Gasteiger partial charge in [-0.3, -0.25) is 9.59 Å². The van der Waals surface area contributed by atoms with Gasteiger partial charge in [-0.1, -0.05) is 37.3 Å². The van der Waals surface area contributed by atoms with Crippen LogP contribution in [-0.2, 0) is 16.1 Å². The Labute approximate surface area is 154 Å². The van der Waals surface area contributed by atoms with Crippen molar-refractivity contribution >= 4 is 17.5 Å². The lowest BCUT2D eigenvalue weighted by Crippen LogP contribution is -2.28. The molecule has 2 amide bonds. The van der Waals surface area contributed by atoms with E-state index < -0.39 is 0 Å². The zero-order valence-corrected chi connectivity index (χ0v) is 15.0. The fourth-order valence-corrected chi connectivity index (χ4v) is 3.00. The van der Waals surface area contributed by atoms with Crippen LogP contribution in [0.15, 0.2) is 54.6 Å². The number of hydrogen-bond donors (Lipinski definition) is 1. The molecule has 0 aliphatic carbocycles. The van der Waals surface area contributed by atoms with Crippen LogP contribution in [0.25, 0.3) is 0 Å². The van der Waals surface area contributed by atoms with Crippen molar-refractivity contribution < 1.29 is 14.3 Å². The third-order valence-electron chi connectivity index (χ3n) is 4.40. The molecule has 1 atom stereocenters. The first-order chi connectivity index (χ1) is 12.7. The number of likely N-dealkylation sites (tertiary alicyclic amines) is 1. The highest BCUT2D eigenvalue weighted by Crippen LogP contribution is 2.23. The van der Waals surface area contributed by atoms with E-state index in [9.17, 15) is 9.59 Å². The van der Waals surface area contributed by atoms with Crippen LogP contribution in [0.3, 0.4) is 0 Å². The van der Waals surface area contributed by atoms with Crippen molar-refractivity contribution in [2.24, 2.45) is 5.92 Å². The van der Waals surface area contributed by atoms with E-state index in [1.807, 2.05) is 54.6 Å². The van der Waals surface area contributed by atoms with Gasteiger partial charge in [0.2, 0.25) is 11.8 Å². The van der Waals surface area contributed by atoms with Gasteiger partial charge in [-0.25, -0.2) is 0 Å². The number of rotatable bonds is 7. The van der Waals surface area contributed by atoms with E-state index in [1.165, 1.54) is 0 Å². The van der Waals surface area contributed by atoms with Crippen molar-refractivity contribution in [3.05, 3.63) is 60.2 Å². The predicted molar refractivity (Wildman–Crippen MR) is 101 cm³/mol. The van der Waals surface area contributed by atoms with E-state index in [2.05, 4.69) is 12.2 Å². The molecule has 26 heavy (non-hydrogen) atoms. The third kappa shape index (κ3) is 4.63. The second kappa shape index (κ2) is 8.52. The number of nitrogens with zero attached hydrogens (tertiary/aromatic N) is 1. The molecular weight excluding hydrogens is 328 g/mol. The molecule has 1 heterocycles. The van der Waals surface area contributed by atoms with Crippen LogP contribution in [-0.4, -0.2) is 29.9 Å². The maximum atomic E-state index is 12.5. The van der Waals surface area contributed by atoms with Crippen molar-refractivity contribution in [3.63, 3.8) is 0 Å². The highest BCUT2D eigenvalue weighted by molar-refractivity contribution is 5.97. The molecule has 1 N–H and O–H groups in total. The summed E-state index contributed by atoms with van der Waals surface area (Å²) in [6.45, 7) is 3.73. The van der Waals surface area contributed by atoms with Gasteiger partial charge in [0.1, 0.15) is 5.75 Å². The zero-order valence-electron chi connectivity index (χ0n) is 15.0. The predicted octanol–water partition coefficient (Wildman–Crippen LogP) is 3.46. The SMILES string of the molecule is CCCOc1ccc(NC(=O)C2CC(=O)N(Cc3ccccc3)C2)cc1. The lowest BCUT2D eigenvalue weighted by molar-refractivity contribution is -0.128. The van der Waals surface area contributed by atoms with E-state index in [-0.39, 0.29) is 24.2 Å². The molecule has 0 spiro atoms. The van der Waals surface area contributed by atoms with Crippen molar-refractivity contribution in [3.8, 4) is 5.75 Å². The summed E-state index contributed by atoms with van der Waals surface area (Å²) in [5, 5.41) is 2.90. The van der Waals surface area contributed by atoms with Crippen molar-refractivity contribution in [2.45, 2.75) is 26.3 Å². The molecule has 5 heteroatoms. The average molecular weight is 352 g/mol. The molecule has 2 aromatic rings. The lowest BCUT2D eigenvalue weighted by atomic mass is 10.1. The molecule has 1 aliphatic heterocycles. The Morgan fingerprint density at radius 3 is 2.58 bits per heavy atom. The summed E-state index contributed by atoms with van der Waals surface area (Å²) in [6, 6.07) is 17.2. The first kappa shape index (κ1) is 18.0. The van der Waals surface area contributed by atoms with Gasteiger partial charge in [0.15, 0.2) is 0 Å². The van der Waals surface area contributed by atoms with Gasteiger partial charge in [0.25, 0.3) is 0 Å². The summed E-state index contributed by atoms with van der Waals surface area (Å²) >= 11 is 0. The minimum Gasteiger partial charge on any atom is -0.494 e. The maximum Gasteiger partial charge on any atom is 0.229 e. The van der Waals surface area contributed by atoms with Crippen molar-refractivity contribution in [2.75, 3.05) is 18.5 Å². The zero-order chi connectivity index (χ0) is 18.4. The molecule has 5 nitrogen and oxygen atoms in total. The number of carbonyl (C=O) groups excluding carboxylic acids is 2. The highest BCUT2D eigenvalue weighted by Gasteiger charge is 2.34. The van der Waals surface area contributed by atoms with Gasteiger partial charge in [-0.05, 0) is 36.2 Å². The monoisotopic (exact) mass is 352 g/mol. The molecule has 0 bridgehead atoms. The largest absolute Gasteiger partial charge is 0.494 e. The molecule has 0 saturated carbocycles. The first-order valence-corrected chi connectivity index (χ1v) is 9.01.